The quantitative estimate of drug-likeness (QED) is 0.0726. The first-order valence-electron chi connectivity index (χ1n) is 22.4. The molecule has 13 nitrogen and oxygen atoms in total. The van der Waals surface area contributed by atoms with Gasteiger partial charge in [0.15, 0.2) is 11.3 Å². The number of carboxylic acids is 1. The van der Waals surface area contributed by atoms with Crippen molar-refractivity contribution in [1.82, 2.24) is 24.1 Å². The maximum Gasteiger partial charge on any atom is 0.390 e. The van der Waals surface area contributed by atoms with E-state index in [0.29, 0.717) is 74.7 Å². The first-order valence-corrected chi connectivity index (χ1v) is 22.4. The second-order valence-electron chi connectivity index (χ2n) is 17.1. The van der Waals surface area contributed by atoms with Crippen LogP contribution in [0.5, 0.6) is 23.0 Å². The number of pyridine rings is 2. The third-order valence-electron chi connectivity index (χ3n) is 11.5. The molecule has 4 aromatic heterocycles. The molecule has 4 N–H and O–H groups in total. The molecule has 73 heavy (non-hydrogen) atoms. The molecule has 4 aromatic carbocycles. The molecule has 9 rings (SSSR count). The predicted molar refractivity (Wildman–Crippen MR) is 254 cm³/mol. The van der Waals surface area contributed by atoms with Crippen LogP contribution in [0.2, 0.25) is 0 Å². The van der Waals surface area contributed by atoms with Gasteiger partial charge in [-0.1, -0.05) is 24.3 Å². The van der Waals surface area contributed by atoms with E-state index < -0.39 is 48.3 Å². The van der Waals surface area contributed by atoms with Gasteiger partial charge < -0.3 is 30.5 Å². The zero-order chi connectivity index (χ0) is 52.2. The summed E-state index contributed by atoms with van der Waals surface area (Å²) in [6.07, 6.45) is -3.23. The Balaban J connectivity index is 0.000000197. The van der Waals surface area contributed by atoms with Crippen LogP contribution in [0.15, 0.2) is 122 Å². The summed E-state index contributed by atoms with van der Waals surface area (Å²) < 4.78 is 118. The standard InChI is InChI=1S/C28H23F4N5O2.C24H19F4N3O3/c1-17-11-18(5-6-22(17)26(38)36-27(16-33)7-8-27)24-14-35-25-23(34-10-9-28(30,31)32)13-21(15-37(24)25)39-20-4-2-3-19(29)12-20;1-14-9-15(5-6-19(14)23(32)33)21-12-30-22-20(29-8-7-24(26,27)28)11-18(13-31(21)22)34-17-4-2-3-16(25)10-17/h2-6,11-15,34H,7-10H2,1H3,(H,36,38);2-6,9-13,29H,7-8H2,1H3,(H,32,33). The van der Waals surface area contributed by atoms with Gasteiger partial charge in [0, 0.05) is 54.0 Å². The van der Waals surface area contributed by atoms with Crippen molar-refractivity contribution in [2.24, 2.45) is 0 Å². The zero-order valence-electron chi connectivity index (χ0n) is 38.6. The predicted octanol–water partition coefficient (Wildman–Crippen LogP) is 12.7. The van der Waals surface area contributed by atoms with E-state index in [-0.39, 0.29) is 47.6 Å². The summed E-state index contributed by atoms with van der Waals surface area (Å²) in [6.45, 7) is 2.68. The van der Waals surface area contributed by atoms with Crippen LogP contribution in [-0.4, -0.2) is 66.7 Å². The molecule has 1 aliphatic carbocycles. The molecule has 4 heterocycles. The number of nitrogens with zero attached hydrogens (tertiary/aromatic N) is 5. The number of nitriles is 1. The highest BCUT2D eigenvalue weighted by atomic mass is 19.4. The number of carbonyl (C=O) groups excluding carboxylic acids is 1. The van der Waals surface area contributed by atoms with E-state index in [9.17, 15) is 55.1 Å². The lowest BCUT2D eigenvalue weighted by Gasteiger charge is -2.14. The van der Waals surface area contributed by atoms with E-state index in [1.165, 1.54) is 60.8 Å². The summed E-state index contributed by atoms with van der Waals surface area (Å²) in [6, 6.07) is 26.1. The number of carbonyl (C=O) groups is 2. The highest BCUT2D eigenvalue weighted by Gasteiger charge is 2.45. The van der Waals surface area contributed by atoms with Crippen LogP contribution in [0.1, 0.15) is 57.5 Å². The molecule has 0 bridgehead atoms. The van der Waals surface area contributed by atoms with Gasteiger partial charge in [-0.15, -0.1) is 0 Å². The van der Waals surface area contributed by atoms with Gasteiger partial charge in [0.1, 0.15) is 40.2 Å². The summed E-state index contributed by atoms with van der Waals surface area (Å²) >= 11 is 0. The highest BCUT2D eigenvalue weighted by molar-refractivity contribution is 5.97. The van der Waals surface area contributed by atoms with Gasteiger partial charge in [0.25, 0.3) is 5.91 Å². The van der Waals surface area contributed by atoms with Gasteiger partial charge in [-0.25, -0.2) is 23.5 Å². The van der Waals surface area contributed by atoms with Gasteiger partial charge in [-0.2, -0.15) is 31.6 Å². The lowest BCUT2D eigenvalue weighted by atomic mass is 10.0. The minimum atomic E-state index is -4.34. The highest BCUT2D eigenvalue weighted by Crippen LogP contribution is 2.37. The molecule has 1 fully saturated rings. The maximum absolute atomic E-state index is 13.7. The van der Waals surface area contributed by atoms with Gasteiger partial charge in [0.05, 0.1) is 72.0 Å². The van der Waals surface area contributed by atoms with E-state index in [0.717, 1.165) is 0 Å². The summed E-state index contributed by atoms with van der Waals surface area (Å²) in [5, 5.41) is 26.9. The second kappa shape index (κ2) is 20.6. The Hall–Kier alpha value is -8.67. The van der Waals surface area contributed by atoms with Crippen LogP contribution in [0.25, 0.3) is 33.8 Å². The number of hydrogen-bond donors (Lipinski definition) is 4. The van der Waals surface area contributed by atoms with Crippen LogP contribution < -0.4 is 25.4 Å². The fourth-order valence-electron chi connectivity index (χ4n) is 7.75. The van der Waals surface area contributed by atoms with Gasteiger partial charge in [0.2, 0.25) is 0 Å². The number of aromatic carboxylic acids is 1. The van der Waals surface area contributed by atoms with Crippen LogP contribution in [0.3, 0.4) is 0 Å². The molecule has 0 saturated heterocycles. The van der Waals surface area contributed by atoms with Crippen LogP contribution in [-0.2, 0) is 0 Å². The second-order valence-corrected chi connectivity index (χ2v) is 17.1. The number of fused-ring (bicyclic) bond motifs is 2. The molecular formula is C52H42F8N8O5. The molecule has 21 heteroatoms. The normalized spacial score (nSPS) is 12.9. The largest absolute Gasteiger partial charge is 0.478 e. The number of aromatic nitrogens is 4. The monoisotopic (exact) mass is 1010 g/mol. The molecule has 0 aliphatic heterocycles. The average Bonchev–Trinajstić information content (AvgIpc) is 3.73. The van der Waals surface area contributed by atoms with Crippen molar-refractivity contribution in [1.29, 1.82) is 5.26 Å². The first kappa shape index (κ1) is 50.7. The third kappa shape index (κ3) is 12.4. The molecule has 376 valence electrons. The van der Waals surface area contributed by atoms with Crippen LogP contribution in [0, 0.1) is 36.8 Å². The number of anilines is 2. The van der Waals surface area contributed by atoms with E-state index >= 15 is 0 Å². The number of amides is 1. The molecule has 0 radical (unpaired) electrons. The van der Waals surface area contributed by atoms with E-state index in [1.54, 1.807) is 83.7 Å². The minimum Gasteiger partial charge on any atom is -0.478 e. The minimum absolute atomic E-state index is 0.155. The number of carboxylic acid groups (broad SMARTS) is 1. The Bertz CT molecular complexity index is 3410. The number of nitrogens with one attached hydrogen (secondary N) is 3. The van der Waals surface area contributed by atoms with E-state index in [2.05, 4.69) is 32.0 Å². The van der Waals surface area contributed by atoms with Crippen molar-refractivity contribution < 1.29 is 59.3 Å². The summed E-state index contributed by atoms with van der Waals surface area (Å²) in [5.74, 6) is -1.46. The number of halogens is 8. The molecule has 0 spiro atoms. The van der Waals surface area contributed by atoms with Crippen molar-refractivity contribution in [2.75, 3.05) is 23.7 Å². The molecule has 0 atom stereocenters. The molecule has 1 saturated carbocycles. The number of aryl methyl sites for hydroxylation is 2. The Morgan fingerprint density at radius 3 is 1.51 bits per heavy atom. The molecule has 0 unspecified atom stereocenters. The number of ether oxygens (including phenoxy) is 2. The van der Waals surface area contributed by atoms with Crippen molar-refractivity contribution in [3.05, 3.63) is 156 Å². The van der Waals surface area contributed by atoms with Crippen LogP contribution in [0.4, 0.5) is 46.5 Å². The van der Waals surface area contributed by atoms with Crippen molar-refractivity contribution in [2.45, 2.75) is 57.4 Å². The Morgan fingerprint density at radius 2 is 1.12 bits per heavy atom. The lowest BCUT2D eigenvalue weighted by Crippen LogP contribution is -2.35. The van der Waals surface area contributed by atoms with Gasteiger partial charge >= 0.3 is 18.3 Å². The zero-order valence-corrected chi connectivity index (χ0v) is 38.6. The Labute approximate surface area is 410 Å². The summed E-state index contributed by atoms with van der Waals surface area (Å²) in [7, 11) is 0. The van der Waals surface area contributed by atoms with Crippen molar-refractivity contribution in [3.8, 4) is 51.6 Å². The van der Waals surface area contributed by atoms with Crippen molar-refractivity contribution >= 4 is 34.5 Å². The summed E-state index contributed by atoms with van der Waals surface area (Å²) in [5.41, 5.74) is 4.82. The molecule has 1 amide bonds. The van der Waals surface area contributed by atoms with Gasteiger partial charge in [-0.05, 0) is 86.3 Å². The fraction of sp³-hybridized carbons (Fsp3) is 0.212. The van der Waals surface area contributed by atoms with Crippen LogP contribution >= 0.6 is 0 Å². The third-order valence-corrected chi connectivity index (χ3v) is 11.5. The number of imidazole rings is 2. The summed E-state index contributed by atoms with van der Waals surface area (Å²) in [4.78, 5) is 32.8. The van der Waals surface area contributed by atoms with E-state index in [4.69, 9.17) is 9.47 Å². The molecular weight excluding hydrogens is 969 g/mol. The number of alkyl halides is 6. The number of rotatable bonds is 15. The SMILES string of the molecule is Cc1cc(-c2cnc3c(NCCC(F)(F)F)cc(Oc4cccc(F)c4)cn23)ccc1C(=O)NC1(C#N)CC1.Cc1cc(-c2cnc3c(NCCC(F)(F)F)cc(Oc4cccc(F)c4)cn23)ccc1C(=O)O. The number of hydrogen-bond acceptors (Lipinski definition) is 9. The molecule has 8 aromatic rings. The Kier molecular flexibility index (Phi) is 14.3. The van der Waals surface area contributed by atoms with E-state index in [1.807, 2.05) is 0 Å². The maximum atomic E-state index is 13.7. The lowest BCUT2D eigenvalue weighted by molar-refractivity contribution is -0.132. The topological polar surface area (TPSA) is 167 Å². The number of benzene rings is 4. The van der Waals surface area contributed by atoms with Crippen molar-refractivity contribution in [3.63, 3.8) is 0 Å². The fourth-order valence-corrected chi connectivity index (χ4v) is 7.75. The average molecular weight is 1010 g/mol. The smallest absolute Gasteiger partial charge is 0.390 e. The Morgan fingerprint density at radius 1 is 0.671 bits per heavy atom. The molecule has 1 aliphatic rings. The van der Waals surface area contributed by atoms with Gasteiger partial charge in [-0.3, -0.25) is 13.6 Å². The first-order chi connectivity index (χ1) is 34.7.